The van der Waals surface area contributed by atoms with Crippen molar-refractivity contribution in [2.75, 3.05) is 13.7 Å². The van der Waals surface area contributed by atoms with Gasteiger partial charge in [0.05, 0.1) is 12.6 Å². The highest BCUT2D eigenvalue weighted by Gasteiger charge is 2.12. The van der Waals surface area contributed by atoms with Gasteiger partial charge in [-0.3, -0.25) is 0 Å². The zero-order chi connectivity index (χ0) is 9.84. The Hall–Kier alpha value is -1.00. The van der Waals surface area contributed by atoms with Crippen molar-refractivity contribution < 1.29 is 13.9 Å². The Morgan fingerprint density at radius 3 is 2.62 bits per heavy atom. The molecule has 2 nitrogen and oxygen atoms in total. The lowest BCUT2D eigenvalue weighted by Crippen LogP contribution is -2.21. The van der Waals surface area contributed by atoms with Gasteiger partial charge in [-0.1, -0.05) is 6.07 Å². The van der Waals surface area contributed by atoms with Crippen LogP contribution in [0, 0.1) is 11.6 Å². The zero-order valence-corrected chi connectivity index (χ0v) is 7.22. The predicted molar refractivity (Wildman–Crippen MR) is 45.2 cm³/mol. The normalized spacial score (nSPS) is 12.9. The molecule has 1 atom stereocenters. The van der Waals surface area contributed by atoms with Crippen molar-refractivity contribution in [1.29, 1.82) is 0 Å². The molecule has 0 aromatic heterocycles. The van der Waals surface area contributed by atoms with E-state index in [0.29, 0.717) is 0 Å². The van der Waals surface area contributed by atoms with Crippen molar-refractivity contribution in [1.82, 2.24) is 5.32 Å². The first-order valence-corrected chi connectivity index (χ1v) is 3.92. The summed E-state index contributed by atoms with van der Waals surface area (Å²) < 4.78 is 25.6. The molecule has 0 saturated heterocycles. The van der Waals surface area contributed by atoms with Gasteiger partial charge < -0.3 is 10.4 Å². The lowest BCUT2D eigenvalue weighted by atomic mass is 10.1. The third-order valence-corrected chi connectivity index (χ3v) is 1.87. The van der Waals surface area contributed by atoms with Gasteiger partial charge in [0.1, 0.15) is 11.6 Å². The van der Waals surface area contributed by atoms with Crippen LogP contribution in [0.2, 0.25) is 0 Å². The number of likely N-dealkylation sites (N-methyl/N-ethyl adjacent to an activating group) is 1. The molecule has 1 aromatic carbocycles. The van der Waals surface area contributed by atoms with E-state index in [4.69, 9.17) is 5.11 Å². The molecule has 0 bridgehead atoms. The van der Waals surface area contributed by atoms with Crippen molar-refractivity contribution in [3.8, 4) is 0 Å². The predicted octanol–water partition coefficient (Wildman–Crippen LogP) is 1.22. The number of halogens is 2. The molecule has 2 N–H and O–H groups in total. The number of benzene rings is 1. The minimum absolute atomic E-state index is 0.223. The van der Waals surface area contributed by atoms with E-state index in [2.05, 4.69) is 5.32 Å². The maximum Gasteiger partial charge on any atom is 0.130 e. The van der Waals surface area contributed by atoms with Crippen LogP contribution in [0.4, 0.5) is 8.78 Å². The maximum absolute atomic E-state index is 13.1. The van der Waals surface area contributed by atoms with Gasteiger partial charge in [0.25, 0.3) is 0 Å². The highest BCUT2D eigenvalue weighted by molar-refractivity contribution is 5.22. The van der Waals surface area contributed by atoms with Gasteiger partial charge >= 0.3 is 0 Å². The van der Waals surface area contributed by atoms with Crippen LogP contribution in [0.5, 0.6) is 0 Å². The van der Waals surface area contributed by atoms with Gasteiger partial charge in [-0.15, -0.1) is 0 Å². The molecular weight excluding hydrogens is 176 g/mol. The smallest absolute Gasteiger partial charge is 0.130 e. The SMILES string of the molecule is CN[C@H](CO)c1ccc(F)cc1F. The fourth-order valence-electron chi connectivity index (χ4n) is 1.13. The molecule has 0 radical (unpaired) electrons. The molecule has 72 valence electrons. The van der Waals surface area contributed by atoms with E-state index in [1.54, 1.807) is 7.05 Å². The number of hydrogen-bond donors (Lipinski definition) is 2. The average Bonchev–Trinajstić information content (AvgIpc) is 2.10. The van der Waals surface area contributed by atoms with Crippen LogP contribution in [0.15, 0.2) is 18.2 Å². The monoisotopic (exact) mass is 187 g/mol. The van der Waals surface area contributed by atoms with Gasteiger partial charge in [0.15, 0.2) is 0 Å². The summed E-state index contributed by atoms with van der Waals surface area (Å²) in [6.07, 6.45) is 0. The summed E-state index contributed by atoms with van der Waals surface area (Å²) in [5.74, 6) is -1.26. The van der Waals surface area contributed by atoms with Crippen molar-refractivity contribution in [2.45, 2.75) is 6.04 Å². The Balaban J connectivity index is 2.99. The van der Waals surface area contributed by atoms with Gasteiger partial charge in [0, 0.05) is 11.6 Å². The third kappa shape index (κ3) is 2.23. The van der Waals surface area contributed by atoms with Crippen LogP contribution in [-0.2, 0) is 0 Å². The van der Waals surface area contributed by atoms with Gasteiger partial charge in [-0.25, -0.2) is 8.78 Å². The fraction of sp³-hybridized carbons (Fsp3) is 0.333. The largest absolute Gasteiger partial charge is 0.394 e. The van der Waals surface area contributed by atoms with Crippen LogP contribution >= 0.6 is 0 Å². The summed E-state index contributed by atoms with van der Waals surface area (Å²) in [4.78, 5) is 0. The Morgan fingerprint density at radius 1 is 1.46 bits per heavy atom. The molecule has 0 unspecified atom stereocenters. The van der Waals surface area contributed by atoms with Crippen LogP contribution in [-0.4, -0.2) is 18.8 Å². The van der Waals surface area contributed by atoms with Crippen LogP contribution in [0.3, 0.4) is 0 Å². The number of hydrogen-bond acceptors (Lipinski definition) is 2. The van der Waals surface area contributed by atoms with Crippen LogP contribution < -0.4 is 5.32 Å². The van der Waals surface area contributed by atoms with E-state index in [1.165, 1.54) is 12.1 Å². The number of aliphatic hydroxyl groups is 1. The van der Waals surface area contributed by atoms with Crippen LogP contribution in [0.1, 0.15) is 11.6 Å². The molecule has 0 aliphatic carbocycles. The van der Waals surface area contributed by atoms with E-state index in [-0.39, 0.29) is 12.2 Å². The maximum atomic E-state index is 13.1. The molecule has 0 spiro atoms. The average molecular weight is 187 g/mol. The van der Waals surface area contributed by atoms with E-state index in [9.17, 15) is 8.78 Å². The fourth-order valence-corrected chi connectivity index (χ4v) is 1.13. The topological polar surface area (TPSA) is 32.3 Å². The summed E-state index contributed by atoms with van der Waals surface area (Å²) in [6.45, 7) is -0.223. The summed E-state index contributed by atoms with van der Waals surface area (Å²) in [5.41, 5.74) is 0.270. The van der Waals surface area contributed by atoms with Crippen molar-refractivity contribution in [2.24, 2.45) is 0 Å². The lowest BCUT2D eigenvalue weighted by Gasteiger charge is -2.13. The van der Waals surface area contributed by atoms with E-state index in [1.807, 2.05) is 0 Å². The molecular formula is C9H11F2NO. The van der Waals surface area contributed by atoms with Gasteiger partial charge in [-0.05, 0) is 13.1 Å². The van der Waals surface area contributed by atoms with Crippen molar-refractivity contribution in [3.63, 3.8) is 0 Å². The minimum atomic E-state index is -0.645. The van der Waals surface area contributed by atoms with E-state index < -0.39 is 17.7 Å². The highest BCUT2D eigenvalue weighted by atomic mass is 19.1. The molecule has 0 fully saturated rings. The quantitative estimate of drug-likeness (QED) is 0.745. The standard InChI is InChI=1S/C9H11F2NO/c1-12-9(5-13)7-3-2-6(10)4-8(7)11/h2-4,9,12-13H,5H2,1H3/t9-/m1/s1. The Labute approximate surface area is 75.2 Å². The summed E-state index contributed by atoms with van der Waals surface area (Å²) in [5, 5.41) is 11.6. The number of aliphatic hydroxyl groups excluding tert-OH is 1. The Kier molecular flexibility index (Phi) is 3.33. The zero-order valence-electron chi connectivity index (χ0n) is 7.22. The third-order valence-electron chi connectivity index (χ3n) is 1.87. The Morgan fingerprint density at radius 2 is 2.15 bits per heavy atom. The van der Waals surface area contributed by atoms with E-state index >= 15 is 0 Å². The van der Waals surface area contributed by atoms with Crippen LogP contribution in [0.25, 0.3) is 0 Å². The number of nitrogens with one attached hydrogen (secondary N) is 1. The van der Waals surface area contributed by atoms with Crippen molar-refractivity contribution in [3.05, 3.63) is 35.4 Å². The number of rotatable bonds is 3. The van der Waals surface area contributed by atoms with Gasteiger partial charge in [-0.2, -0.15) is 0 Å². The summed E-state index contributed by atoms with van der Waals surface area (Å²) in [7, 11) is 1.60. The second kappa shape index (κ2) is 4.30. The van der Waals surface area contributed by atoms with Gasteiger partial charge in [0.2, 0.25) is 0 Å². The molecule has 0 heterocycles. The summed E-state index contributed by atoms with van der Waals surface area (Å²) >= 11 is 0. The molecule has 0 aliphatic heterocycles. The van der Waals surface area contributed by atoms with E-state index in [0.717, 1.165) is 6.07 Å². The molecule has 1 aromatic rings. The molecule has 0 amide bonds. The first-order valence-electron chi connectivity index (χ1n) is 3.92. The molecule has 0 aliphatic rings. The first kappa shape index (κ1) is 10.1. The minimum Gasteiger partial charge on any atom is -0.394 e. The second-order valence-corrected chi connectivity index (χ2v) is 2.69. The molecule has 0 saturated carbocycles. The Bertz CT molecular complexity index is 287. The second-order valence-electron chi connectivity index (χ2n) is 2.69. The lowest BCUT2D eigenvalue weighted by molar-refractivity contribution is 0.248. The molecule has 13 heavy (non-hydrogen) atoms. The summed E-state index contributed by atoms with van der Waals surface area (Å²) in [6, 6.07) is 2.80. The van der Waals surface area contributed by atoms with Crippen molar-refractivity contribution >= 4 is 0 Å². The highest BCUT2D eigenvalue weighted by Crippen LogP contribution is 2.16. The first-order chi connectivity index (χ1) is 6.19. The molecule has 1 rings (SSSR count). The molecule has 4 heteroatoms.